The van der Waals surface area contributed by atoms with E-state index in [0.717, 1.165) is 41.6 Å². The molecule has 156 valence electrons. The number of hydrogen-bond donors (Lipinski definition) is 6. The van der Waals surface area contributed by atoms with Crippen LogP contribution in [0.3, 0.4) is 0 Å². The minimum absolute atomic E-state index is 0.0706. The topological polar surface area (TPSA) is 152 Å². The van der Waals surface area contributed by atoms with Crippen molar-refractivity contribution in [3.63, 3.8) is 0 Å². The summed E-state index contributed by atoms with van der Waals surface area (Å²) in [7, 11) is 0. The molecule has 8 heteroatoms. The van der Waals surface area contributed by atoms with E-state index in [0.29, 0.717) is 18.9 Å². The van der Waals surface area contributed by atoms with Crippen LogP contribution in [0.4, 0.5) is 5.82 Å². The third kappa shape index (κ3) is 7.27. The van der Waals surface area contributed by atoms with E-state index in [1.54, 1.807) is 0 Å². The zero-order chi connectivity index (χ0) is 21.2. The number of aromatic amines is 1. The fraction of sp³-hybridized carbons (Fsp3) is 0.286. The summed E-state index contributed by atoms with van der Waals surface area (Å²) < 4.78 is 0. The number of anilines is 1. The van der Waals surface area contributed by atoms with Gasteiger partial charge in [0.15, 0.2) is 0 Å². The summed E-state index contributed by atoms with van der Waals surface area (Å²) in [5.74, 6) is 6.18. The molecule has 0 unspecified atom stereocenters. The maximum Gasteiger partial charge on any atom is 0.268 e. The van der Waals surface area contributed by atoms with Crippen LogP contribution < -0.4 is 28.4 Å². The molecule has 0 bridgehead atoms. The minimum atomic E-state index is -0.351. The highest BCUT2D eigenvalue weighted by molar-refractivity contribution is 5.92. The Hall–Kier alpha value is -3.39. The van der Waals surface area contributed by atoms with Crippen molar-refractivity contribution in [2.75, 3.05) is 12.3 Å². The van der Waals surface area contributed by atoms with Gasteiger partial charge in [-0.3, -0.25) is 4.79 Å². The molecule has 0 saturated carbocycles. The molecular weight excluding hydrogens is 366 g/mol. The quantitative estimate of drug-likeness (QED) is 0.155. The number of amides is 1. The number of nitrogens with one attached hydrogen (secondary N) is 2. The number of hydrogen-bond acceptors (Lipinski definition) is 6. The standard InChI is InChI=1S/C21H31N7O/c1-15-12-26-20(24)18(15)11-17(22)9-5-6-10-28(25)14-19(23)21(29)27-13-16-7-3-2-4-8-16/h2-4,7-8,11-12,14,26H,5-6,9-10,13,22-25H2,1H3,(H,27,29)/b17-11-,19-14-. The van der Waals surface area contributed by atoms with Crippen LogP contribution in [0, 0.1) is 6.92 Å². The smallest absolute Gasteiger partial charge is 0.268 e. The van der Waals surface area contributed by atoms with Crippen LogP contribution in [0.5, 0.6) is 0 Å². The van der Waals surface area contributed by atoms with Crippen LogP contribution in [0.2, 0.25) is 0 Å². The Morgan fingerprint density at radius 3 is 2.59 bits per heavy atom. The van der Waals surface area contributed by atoms with Gasteiger partial charge in [-0.05, 0) is 43.4 Å². The minimum Gasteiger partial charge on any atom is -0.402 e. The molecule has 0 spiro atoms. The number of carbonyl (C=O) groups excluding carboxylic acids is 1. The molecule has 1 heterocycles. The van der Waals surface area contributed by atoms with E-state index in [1.165, 1.54) is 11.2 Å². The normalized spacial score (nSPS) is 12.1. The number of aromatic nitrogens is 1. The van der Waals surface area contributed by atoms with Crippen LogP contribution in [-0.4, -0.2) is 22.4 Å². The molecule has 10 N–H and O–H groups in total. The SMILES string of the molecule is Cc1c[nH]c(N)c1/C=C(\N)CCCCN(N)/C=C(\N)C(=O)NCc1ccccc1. The van der Waals surface area contributed by atoms with Gasteiger partial charge in [-0.2, -0.15) is 0 Å². The van der Waals surface area contributed by atoms with E-state index in [2.05, 4.69) is 10.3 Å². The first kappa shape index (κ1) is 21.9. The molecule has 2 aromatic rings. The Balaban J connectivity index is 1.71. The lowest BCUT2D eigenvalue weighted by Gasteiger charge is -2.15. The molecule has 0 radical (unpaired) electrons. The number of H-pyrrole nitrogens is 1. The highest BCUT2D eigenvalue weighted by Gasteiger charge is 2.07. The van der Waals surface area contributed by atoms with Gasteiger partial charge in [-0.15, -0.1) is 0 Å². The molecule has 0 aliphatic rings. The molecule has 0 aliphatic heterocycles. The van der Waals surface area contributed by atoms with E-state index >= 15 is 0 Å². The van der Waals surface area contributed by atoms with Crippen LogP contribution >= 0.6 is 0 Å². The summed E-state index contributed by atoms with van der Waals surface area (Å²) >= 11 is 0. The third-order valence-corrected chi connectivity index (χ3v) is 4.48. The molecule has 0 fully saturated rings. The van der Waals surface area contributed by atoms with Gasteiger partial charge in [-0.1, -0.05) is 30.3 Å². The first-order valence-corrected chi connectivity index (χ1v) is 9.57. The van der Waals surface area contributed by atoms with E-state index in [-0.39, 0.29) is 11.6 Å². The molecule has 1 aromatic carbocycles. The van der Waals surface area contributed by atoms with E-state index in [9.17, 15) is 4.79 Å². The summed E-state index contributed by atoms with van der Waals surface area (Å²) in [6.45, 7) is 2.95. The summed E-state index contributed by atoms with van der Waals surface area (Å²) in [6, 6.07) is 9.62. The Morgan fingerprint density at radius 2 is 1.93 bits per heavy atom. The number of nitrogens with zero attached hydrogens (tertiary/aromatic N) is 1. The van der Waals surface area contributed by atoms with Crippen molar-refractivity contribution < 1.29 is 4.79 Å². The van der Waals surface area contributed by atoms with Crippen LogP contribution in [0.1, 0.15) is 36.0 Å². The van der Waals surface area contributed by atoms with Gasteiger partial charge in [0.25, 0.3) is 5.91 Å². The van der Waals surface area contributed by atoms with Crippen molar-refractivity contribution in [1.82, 2.24) is 15.3 Å². The van der Waals surface area contributed by atoms with Gasteiger partial charge in [0.05, 0.1) is 0 Å². The van der Waals surface area contributed by atoms with Crippen LogP contribution in [0.25, 0.3) is 6.08 Å². The van der Waals surface area contributed by atoms with Gasteiger partial charge in [0, 0.05) is 36.7 Å². The third-order valence-electron chi connectivity index (χ3n) is 4.48. The van der Waals surface area contributed by atoms with Gasteiger partial charge < -0.3 is 32.5 Å². The number of unbranched alkanes of at least 4 members (excludes halogenated alkanes) is 1. The number of benzene rings is 1. The molecule has 1 amide bonds. The fourth-order valence-electron chi connectivity index (χ4n) is 2.81. The van der Waals surface area contributed by atoms with Gasteiger partial charge in [0.1, 0.15) is 11.5 Å². The average molecular weight is 398 g/mol. The lowest BCUT2D eigenvalue weighted by Crippen LogP contribution is -2.33. The van der Waals surface area contributed by atoms with Crippen molar-refractivity contribution in [1.29, 1.82) is 0 Å². The van der Waals surface area contributed by atoms with Crippen LogP contribution in [0.15, 0.2) is 54.1 Å². The second kappa shape index (κ2) is 10.8. The fourth-order valence-corrected chi connectivity index (χ4v) is 2.81. The number of allylic oxidation sites excluding steroid dienone is 1. The molecular formula is C21H31N7O. The Bertz CT molecular complexity index is 836. The summed E-state index contributed by atoms with van der Waals surface area (Å²) in [4.78, 5) is 15.0. The number of rotatable bonds is 10. The maximum absolute atomic E-state index is 12.1. The second-order valence-electron chi connectivity index (χ2n) is 6.97. The molecule has 2 rings (SSSR count). The summed E-state index contributed by atoms with van der Waals surface area (Å²) in [6.07, 6.45) is 7.59. The second-order valence-corrected chi connectivity index (χ2v) is 6.97. The zero-order valence-electron chi connectivity index (χ0n) is 16.8. The number of carbonyl (C=O) groups is 1. The van der Waals surface area contributed by atoms with Crippen molar-refractivity contribution in [2.24, 2.45) is 17.3 Å². The van der Waals surface area contributed by atoms with Gasteiger partial charge >= 0.3 is 0 Å². The largest absolute Gasteiger partial charge is 0.402 e. The van der Waals surface area contributed by atoms with E-state index in [4.69, 9.17) is 23.0 Å². The lowest BCUT2D eigenvalue weighted by molar-refractivity contribution is -0.117. The van der Waals surface area contributed by atoms with Gasteiger partial charge in [0.2, 0.25) is 0 Å². The highest BCUT2D eigenvalue weighted by atomic mass is 16.2. The molecule has 0 aliphatic carbocycles. The first-order valence-electron chi connectivity index (χ1n) is 9.57. The van der Waals surface area contributed by atoms with Crippen molar-refractivity contribution in [3.05, 3.63) is 70.8 Å². The molecule has 8 nitrogen and oxygen atoms in total. The summed E-state index contributed by atoms with van der Waals surface area (Å²) in [5, 5.41) is 4.19. The maximum atomic E-state index is 12.1. The van der Waals surface area contributed by atoms with Crippen LogP contribution in [-0.2, 0) is 11.3 Å². The predicted octanol–water partition coefficient (Wildman–Crippen LogP) is 1.67. The Labute approximate surface area is 171 Å². The van der Waals surface area contributed by atoms with Crippen molar-refractivity contribution >= 4 is 17.8 Å². The lowest BCUT2D eigenvalue weighted by atomic mass is 10.1. The number of nitrogen functional groups attached to an aromatic ring is 1. The number of aryl methyl sites for hydroxylation is 1. The Morgan fingerprint density at radius 1 is 1.21 bits per heavy atom. The molecule has 0 atom stereocenters. The summed E-state index contributed by atoms with van der Waals surface area (Å²) in [5.41, 5.74) is 21.6. The average Bonchev–Trinajstić information content (AvgIpc) is 3.02. The molecule has 1 aromatic heterocycles. The zero-order valence-corrected chi connectivity index (χ0v) is 16.8. The van der Waals surface area contributed by atoms with Crippen molar-refractivity contribution in [2.45, 2.75) is 32.7 Å². The number of nitrogens with two attached hydrogens (primary N) is 4. The molecule has 29 heavy (non-hydrogen) atoms. The first-order chi connectivity index (χ1) is 13.9. The molecule has 0 saturated heterocycles. The van der Waals surface area contributed by atoms with Gasteiger partial charge in [-0.25, -0.2) is 5.84 Å². The Kier molecular flexibility index (Phi) is 8.17. The van der Waals surface area contributed by atoms with E-state index < -0.39 is 0 Å². The van der Waals surface area contributed by atoms with Crippen molar-refractivity contribution in [3.8, 4) is 0 Å². The monoisotopic (exact) mass is 397 g/mol. The van der Waals surface area contributed by atoms with E-state index in [1.807, 2.05) is 49.5 Å². The number of hydrazine groups is 1. The highest BCUT2D eigenvalue weighted by Crippen LogP contribution is 2.19. The predicted molar refractivity (Wildman–Crippen MR) is 117 cm³/mol.